The molecule has 2 aliphatic rings. The maximum Gasteiger partial charge on any atom is 0.293 e. The van der Waals surface area contributed by atoms with Gasteiger partial charge in [0.15, 0.2) is 0 Å². The van der Waals surface area contributed by atoms with Crippen molar-refractivity contribution in [3.05, 3.63) is 69.0 Å². The average Bonchev–Trinajstić information content (AvgIpc) is 3.30. The van der Waals surface area contributed by atoms with Crippen LogP contribution in [0.4, 0.5) is 4.39 Å². The first-order valence-electron chi connectivity index (χ1n) is 8.39. The second kappa shape index (κ2) is 7.37. The number of hydrogen-bond donors (Lipinski definition) is 1. The zero-order valence-electron chi connectivity index (χ0n) is 14.4. The third-order valence-corrected chi connectivity index (χ3v) is 5.25. The molecule has 5 nitrogen and oxygen atoms in total. The number of amidine groups is 2. The third-order valence-electron chi connectivity index (χ3n) is 4.51. The summed E-state index contributed by atoms with van der Waals surface area (Å²) in [5, 5.41) is 3.91. The lowest BCUT2D eigenvalue weighted by molar-refractivity contribution is 0.293. The zero-order chi connectivity index (χ0) is 19.0. The maximum absolute atomic E-state index is 13.8. The van der Waals surface area contributed by atoms with Gasteiger partial charge in [0.25, 0.3) is 12.0 Å². The van der Waals surface area contributed by atoms with Crippen LogP contribution in [0.15, 0.2) is 46.4 Å². The van der Waals surface area contributed by atoms with Crippen molar-refractivity contribution in [2.24, 2.45) is 9.98 Å². The van der Waals surface area contributed by atoms with Crippen LogP contribution in [-0.4, -0.2) is 25.3 Å². The fourth-order valence-corrected chi connectivity index (χ4v) is 3.32. The second-order valence-electron chi connectivity index (χ2n) is 6.27. The van der Waals surface area contributed by atoms with Gasteiger partial charge in [0.2, 0.25) is 0 Å². The number of rotatable bonds is 2. The SMILES string of the molecule is Cc1c(F)cccc1C1COC(NC2=NC(c3ccc(Cl)c(Cl)c3)CO2)=N1. The largest absolute Gasteiger partial charge is 0.462 e. The number of benzene rings is 2. The van der Waals surface area contributed by atoms with E-state index >= 15 is 0 Å². The van der Waals surface area contributed by atoms with Crippen LogP contribution in [0.5, 0.6) is 0 Å². The van der Waals surface area contributed by atoms with Crippen molar-refractivity contribution in [1.29, 1.82) is 0 Å². The summed E-state index contributed by atoms with van der Waals surface area (Å²) >= 11 is 12.0. The van der Waals surface area contributed by atoms with Crippen LogP contribution in [-0.2, 0) is 9.47 Å². The molecule has 27 heavy (non-hydrogen) atoms. The minimum atomic E-state index is -0.268. The number of aliphatic imine (C=N–C) groups is 2. The van der Waals surface area contributed by atoms with Crippen LogP contribution in [0.1, 0.15) is 28.8 Å². The van der Waals surface area contributed by atoms with Crippen molar-refractivity contribution >= 4 is 35.2 Å². The van der Waals surface area contributed by atoms with Gasteiger partial charge in [-0.1, -0.05) is 41.4 Å². The predicted octanol–water partition coefficient (Wildman–Crippen LogP) is 4.59. The van der Waals surface area contributed by atoms with Crippen LogP contribution in [0.2, 0.25) is 10.0 Å². The average molecular weight is 408 g/mol. The van der Waals surface area contributed by atoms with E-state index in [2.05, 4.69) is 15.3 Å². The summed E-state index contributed by atoms with van der Waals surface area (Å²) in [6.07, 6.45) is 0. The minimum Gasteiger partial charge on any atom is -0.462 e. The molecule has 2 aromatic carbocycles. The van der Waals surface area contributed by atoms with E-state index in [1.54, 1.807) is 25.1 Å². The summed E-state index contributed by atoms with van der Waals surface area (Å²) in [6.45, 7) is 2.44. The molecule has 2 atom stereocenters. The van der Waals surface area contributed by atoms with Gasteiger partial charge in [-0.05, 0) is 41.8 Å². The number of nitrogens with one attached hydrogen (secondary N) is 1. The Bertz CT molecular complexity index is 949. The van der Waals surface area contributed by atoms with Gasteiger partial charge < -0.3 is 9.47 Å². The van der Waals surface area contributed by atoms with E-state index in [0.717, 1.165) is 11.1 Å². The van der Waals surface area contributed by atoms with Gasteiger partial charge in [0.1, 0.15) is 31.1 Å². The molecule has 0 bridgehead atoms. The molecule has 140 valence electrons. The van der Waals surface area contributed by atoms with Crippen LogP contribution >= 0.6 is 23.2 Å². The Labute approximate surface area is 165 Å². The van der Waals surface area contributed by atoms with E-state index < -0.39 is 0 Å². The molecule has 1 N–H and O–H groups in total. The van der Waals surface area contributed by atoms with E-state index in [9.17, 15) is 4.39 Å². The quantitative estimate of drug-likeness (QED) is 0.791. The Morgan fingerprint density at radius 3 is 2.44 bits per heavy atom. The molecule has 4 rings (SSSR count). The summed E-state index contributed by atoms with van der Waals surface area (Å²) in [7, 11) is 0. The molecular weight excluding hydrogens is 392 g/mol. The van der Waals surface area contributed by atoms with Crippen LogP contribution in [0.3, 0.4) is 0 Å². The molecule has 8 heteroatoms. The fourth-order valence-electron chi connectivity index (χ4n) is 3.01. The van der Waals surface area contributed by atoms with Gasteiger partial charge in [-0.3, -0.25) is 5.32 Å². The molecule has 0 radical (unpaired) electrons. The Morgan fingerprint density at radius 1 is 1.00 bits per heavy atom. The number of nitrogens with zero attached hydrogens (tertiary/aromatic N) is 2. The molecule has 0 aromatic heterocycles. The Kier molecular flexibility index (Phi) is 4.93. The molecule has 2 unspecified atom stereocenters. The van der Waals surface area contributed by atoms with E-state index in [1.165, 1.54) is 6.07 Å². The van der Waals surface area contributed by atoms with Crippen molar-refractivity contribution in [2.45, 2.75) is 19.0 Å². The van der Waals surface area contributed by atoms with E-state index in [0.29, 0.717) is 40.9 Å². The lowest BCUT2D eigenvalue weighted by atomic mass is 10.0. The van der Waals surface area contributed by atoms with Crippen LogP contribution in [0, 0.1) is 12.7 Å². The number of halogens is 3. The Hall–Kier alpha value is -2.31. The summed E-state index contributed by atoms with van der Waals surface area (Å²) in [6, 6.07) is 10.5. The summed E-state index contributed by atoms with van der Waals surface area (Å²) in [5.41, 5.74) is 2.28. The third kappa shape index (κ3) is 3.73. The van der Waals surface area contributed by atoms with Crippen LogP contribution < -0.4 is 5.32 Å². The smallest absolute Gasteiger partial charge is 0.293 e. The number of hydrogen-bond acceptors (Lipinski definition) is 5. The molecule has 2 aliphatic heterocycles. The monoisotopic (exact) mass is 407 g/mol. The lowest BCUT2D eigenvalue weighted by Crippen LogP contribution is -2.30. The molecule has 2 aromatic rings. The molecule has 0 spiro atoms. The summed E-state index contributed by atoms with van der Waals surface area (Å²) in [5.74, 6) is -0.253. The molecule has 0 fully saturated rings. The van der Waals surface area contributed by atoms with Gasteiger partial charge >= 0.3 is 0 Å². The van der Waals surface area contributed by atoms with Gasteiger partial charge in [0, 0.05) is 0 Å². The number of ether oxygens (including phenoxy) is 2. The maximum atomic E-state index is 13.8. The van der Waals surface area contributed by atoms with Crippen molar-refractivity contribution in [3.63, 3.8) is 0 Å². The Morgan fingerprint density at radius 2 is 1.70 bits per heavy atom. The standard InChI is InChI=1S/C19H16Cl2FN3O2/c1-10-12(3-2-4-15(10)22)17-9-27-19(24-17)25-18-23-16(8-26-18)11-5-6-13(20)14(21)7-11/h2-7,16-17H,8-9H2,1H3,(H,23,24,25). The normalized spacial score (nSPS) is 21.3. The summed E-state index contributed by atoms with van der Waals surface area (Å²) < 4.78 is 24.9. The molecular formula is C19H16Cl2FN3O2. The fraction of sp³-hybridized carbons (Fsp3) is 0.263. The first kappa shape index (κ1) is 18.1. The molecule has 2 heterocycles. The topological polar surface area (TPSA) is 55.2 Å². The van der Waals surface area contributed by atoms with Gasteiger partial charge in [0.05, 0.1) is 10.0 Å². The molecule has 0 amide bonds. The minimum absolute atomic E-state index is 0.189. The molecule has 0 saturated carbocycles. The van der Waals surface area contributed by atoms with Crippen LogP contribution in [0.25, 0.3) is 0 Å². The van der Waals surface area contributed by atoms with E-state index in [4.69, 9.17) is 32.7 Å². The highest BCUT2D eigenvalue weighted by molar-refractivity contribution is 6.42. The van der Waals surface area contributed by atoms with Crippen molar-refractivity contribution in [2.75, 3.05) is 13.2 Å². The van der Waals surface area contributed by atoms with Gasteiger partial charge in [-0.25, -0.2) is 14.4 Å². The molecule has 0 aliphatic carbocycles. The van der Waals surface area contributed by atoms with Crippen molar-refractivity contribution in [3.8, 4) is 0 Å². The van der Waals surface area contributed by atoms with E-state index in [-0.39, 0.29) is 17.9 Å². The van der Waals surface area contributed by atoms with E-state index in [1.807, 2.05) is 12.1 Å². The first-order chi connectivity index (χ1) is 13.0. The van der Waals surface area contributed by atoms with Gasteiger partial charge in [-0.15, -0.1) is 0 Å². The Balaban J connectivity index is 1.46. The highest BCUT2D eigenvalue weighted by Gasteiger charge is 2.27. The lowest BCUT2D eigenvalue weighted by Gasteiger charge is -2.09. The van der Waals surface area contributed by atoms with Crippen molar-refractivity contribution in [1.82, 2.24) is 5.32 Å². The first-order valence-corrected chi connectivity index (χ1v) is 9.15. The second-order valence-corrected chi connectivity index (χ2v) is 7.09. The van der Waals surface area contributed by atoms with Crippen molar-refractivity contribution < 1.29 is 13.9 Å². The highest BCUT2D eigenvalue weighted by atomic mass is 35.5. The highest BCUT2D eigenvalue weighted by Crippen LogP contribution is 2.30. The predicted molar refractivity (Wildman–Crippen MR) is 103 cm³/mol. The molecule has 0 saturated heterocycles. The summed E-state index contributed by atoms with van der Waals surface area (Å²) in [4.78, 5) is 8.95. The zero-order valence-corrected chi connectivity index (χ0v) is 15.9. The van der Waals surface area contributed by atoms with Gasteiger partial charge in [-0.2, -0.15) is 0 Å².